The lowest BCUT2D eigenvalue weighted by atomic mass is 10.00. The second kappa shape index (κ2) is 3.85. The standard InChI is InChI=1S/C10H16O2/c1-7(2)4-10(11)9-5-8(3)12-6-9/h4,8-9H,5-6H2,1-3H3. The average molecular weight is 168 g/mol. The van der Waals surface area contributed by atoms with Crippen molar-refractivity contribution in [2.45, 2.75) is 33.3 Å². The first-order valence-corrected chi connectivity index (χ1v) is 4.40. The lowest BCUT2D eigenvalue weighted by Crippen LogP contribution is -2.11. The molecule has 1 aliphatic heterocycles. The van der Waals surface area contributed by atoms with Crippen molar-refractivity contribution in [1.82, 2.24) is 0 Å². The van der Waals surface area contributed by atoms with E-state index in [0.717, 1.165) is 12.0 Å². The summed E-state index contributed by atoms with van der Waals surface area (Å²) in [6, 6.07) is 0. The van der Waals surface area contributed by atoms with Crippen LogP contribution in [0.1, 0.15) is 27.2 Å². The van der Waals surface area contributed by atoms with Crippen LogP contribution in [0.15, 0.2) is 11.6 Å². The molecule has 1 aliphatic rings. The zero-order valence-corrected chi connectivity index (χ0v) is 7.96. The molecule has 2 unspecified atom stereocenters. The lowest BCUT2D eigenvalue weighted by Gasteiger charge is -2.01. The van der Waals surface area contributed by atoms with E-state index in [1.807, 2.05) is 20.8 Å². The second-order valence-corrected chi connectivity index (χ2v) is 3.70. The molecule has 0 saturated carbocycles. The number of hydrogen-bond acceptors (Lipinski definition) is 2. The topological polar surface area (TPSA) is 26.3 Å². The van der Waals surface area contributed by atoms with Gasteiger partial charge in [0, 0.05) is 5.92 Å². The molecule has 0 bridgehead atoms. The molecule has 12 heavy (non-hydrogen) atoms. The zero-order valence-electron chi connectivity index (χ0n) is 7.96. The van der Waals surface area contributed by atoms with Gasteiger partial charge in [-0.2, -0.15) is 0 Å². The highest BCUT2D eigenvalue weighted by Crippen LogP contribution is 2.20. The van der Waals surface area contributed by atoms with Crippen LogP contribution in [-0.4, -0.2) is 18.5 Å². The molecular weight excluding hydrogens is 152 g/mol. The van der Waals surface area contributed by atoms with Crippen molar-refractivity contribution in [3.63, 3.8) is 0 Å². The Bertz CT molecular complexity index is 202. The minimum atomic E-state index is 0.106. The molecule has 0 aromatic carbocycles. The summed E-state index contributed by atoms with van der Waals surface area (Å²) in [5.74, 6) is 0.328. The first kappa shape index (κ1) is 9.46. The number of allylic oxidation sites excluding steroid dienone is 2. The monoisotopic (exact) mass is 168 g/mol. The van der Waals surface area contributed by atoms with Crippen LogP contribution < -0.4 is 0 Å². The molecule has 0 spiro atoms. The quantitative estimate of drug-likeness (QED) is 0.589. The largest absolute Gasteiger partial charge is 0.378 e. The molecule has 0 aliphatic carbocycles. The third-order valence-corrected chi connectivity index (χ3v) is 2.03. The van der Waals surface area contributed by atoms with Gasteiger partial charge in [-0.15, -0.1) is 0 Å². The minimum Gasteiger partial charge on any atom is -0.378 e. The van der Waals surface area contributed by atoms with Gasteiger partial charge in [0.2, 0.25) is 0 Å². The third kappa shape index (κ3) is 2.45. The molecule has 2 heteroatoms. The van der Waals surface area contributed by atoms with E-state index < -0.39 is 0 Å². The fourth-order valence-corrected chi connectivity index (χ4v) is 1.42. The van der Waals surface area contributed by atoms with Gasteiger partial charge < -0.3 is 4.74 Å². The highest BCUT2D eigenvalue weighted by atomic mass is 16.5. The first-order chi connectivity index (χ1) is 5.59. The van der Waals surface area contributed by atoms with E-state index in [2.05, 4.69) is 0 Å². The number of rotatable bonds is 2. The molecule has 0 N–H and O–H groups in total. The Hall–Kier alpha value is -0.630. The van der Waals surface area contributed by atoms with Crippen molar-refractivity contribution in [1.29, 1.82) is 0 Å². The van der Waals surface area contributed by atoms with E-state index >= 15 is 0 Å². The predicted octanol–water partition coefficient (Wildman–Crippen LogP) is 1.95. The minimum absolute atomic E-state index is 0.106. The highest BCUT2D eigenvalue weighted by molar-refractivity contribution is 5.92. The normalized spacial score (nSPS) is 28.6. The van der Waals surface area contributed by atoms with Crippen molar-refractivity contribution in [3.05, 3.63) is 11.6 Å². The maximum absolute atomic E-state index is 11.4. The first-order valence-electron chi connectivity index (χ1n) is 4.40. The molecule has 1 rings (SSSR count). The highest BCUT2D eigenvalue weighted by Gasteiger charge is 2.26. The Labute approximate surface area is 73.6 Å². The number of ketones is 1. The van der Waals surface area contributed by atoms with Gasteiger partial charge in [0.15, 0.2) is 5.78 Å². The van der Waals surface area contributed by atoms with E-state index in [1.54, 1.807) is 6.08 Å². The van der Waals surface area contributed by atoms with Crippen molar-refractivity contribution in [3.8, 4) is 0 Å². The van der Waals surface area contributed by atoms with Crippen LogP contribution >= 0.6 is 0 Å². The van der Waals surface area contributed by atoms with Crippen LogP contribution in [0, 0.1) is 5.92 Å². The maximum atomic E-state index is 11.4. The molecule has 2 nitrogen and oxygen atoms in total. The van der Waals surface area contributed by atoms with Gasteiger partial charge in [0.05, 0.1) is 12.7 Å². The second-order valence-electron chi connectivity index (χ2n) is 3.70. The molecule has 0 aromatic heterocycles. The van der Waals surface area contributed by atoms with Crippen molar-refractivity contribution < 1.29 is 9.53 Å². The summed E-state index contributed by atoms with van der Waals surface area (Å²) in [4.78, 5) is 11.4. The maximum Gasteiger partial charge on any atom is 0.161 e. The summed E-state index contributed by atoms with van der Waals surface area (Å²) in [6.45, 7) is 6.49. The lowest BCUT2D eigenvalue weighted by molar-refractivity contribution is -0.118. The number of ether oxygens (including phenoxy) is 1. The van der Waals surface area contributed by atoms with E-state index in [4.69, 9.17) is 4.74 Å². The average Bonchev–Trinajstić information content (AvgIpc) is 2.34. The van der Waals surface area contributed by atoms with E-state index in [0.29, 0.717) is 6.61 Å². The van der Waals surface area contributed by atoms with E-state index in [-0.39, 0.29) is 17.8 Å². The van der Waals surface area contributed by atoms with Crippen LogP contribution in [-0.2, 0) is 9.53 Å². The van der Waals surface area contributed by atoms with Crippen LogP contribution in [0.5, 0.6) is 0 Å². The summed E-state index contributed by atoms with van der Waals surface area (Å²) in [5.41, 5.74) is 1.07. The Morgan fingerprint density at radius 1 is 1.50 bits per heavy atom. The van der Waals surface area contributed by atoms with Gasteiger partial charge >= 0.3 is 0 Å². The Balaban J connectivity index is 2.49. The molecule has 0 radical (unpaired) electrons. The van der Waals surface area contributed by atoms with Gasteiger partial charge in [-0.3, -0.25) is 4.79 Å². The Morgan fingerprint density at radius 3 is 2.58 bits per heavy atom. The van der Waals surface area contributed by atoms with Crippen LogP contribution in [0.2, 0.25) is 0 Å². The Morgan fingerprint density at radius 2 is 2.17 bits per heavy atom. The third-order valence-electron chi connectivity index (χ3n) is 2.03. The van der Waals surface area contributed by atoms with Crippen molar-refractivity contribution in [2.24, 2.45) is 5.92 Å². The SMILES string of the molecule is CC(C)=CC(=O)C1COC(C)C1. The van der Waals surface area contributed by atoms with Crippen LogP contribution in [0.4, 0.5) is 0 Å². The smallest absolute Gasteiger partial charge is 0.161 e. The van der Waals surface area contributed by atoms with Gasteiger partial charge in [-0.25, -0.2) is 0 Å². The molecule has 0 aromatic rings. The predicted molar refractivity (Wildman–Crippen MR) is 48.0 cm³/mol. The molecule has 0 amide bonds. The summed E-state index contributed by atoms with van der Waals surface area (Å²) in [5, 5.41) is 0. The van der Waals surface area contributed by atoms with Gasteiger partial charge in [-0.1, -0.05) is 5.57 Å². The molecular formula is C10H16O2. The molecule has 1 fully saturated rings. The van der Waals surface area contributed by atoms with E-state index in [1.165, 1.54) is 0 Å². The zero-order chi connectivity index (χ0) is 9.14. The molecule has 1 saturated heterocycles. The van der Waals surface area contributed by atoms with Crippen molar-refractivity contribution >= 4 is 5.78 Å². The number of carbonyl (C=O) groups excluding carboxylic acids is 1. The fraction of sp³-hybridized carbons (Fsp3) is 0.700. The summed E-state index contributed by atoms with van der Waals surface area (Å²) in [7, 11) is 0. The fourth-order valence-electron chi connectivity index (χ4n) is 1.42. The van der Waals surface area contributed by atoms with Gasteiger partial charge in [0.1, 0.15) is 0 Å². The Kier molecular flexibility index (Phi) is 3.04. The summed E-state index contributed by atoms with van der Waals surface area (Å²) >= 11 is 0. The van der Waals surface area contributed by atoms with Crippen molar-refractivity contribution in [2.75, 3.05) is 6.61 Å². The number of hydrogen-bond donors (Lipinski definition) is 0. The van der Waals surface area contributed by atoms with Crippen LogP contribution in [0.25, 0.3) is 0 Å². The van der Waals surface area contributed by atoms with Crippen LogP contribution in [0.3, 0.4) is 0 Å². The van der Waals surface area contributed by atoms with Gasteiger partial charge in [0.25, 0.3) is 0 Å². The molecule has 1 heterocycles. The van der Waals surface area contributed by atoms with E-state index in [9.17, 15) is 4.79 Å². The summed E-state index contributed by atoms with van der Waals surface area (Å²) < 4.78 is 5.32. The summed E-state index contributed by atoms with van der Waals surface area (Å²) in [6.07, 6.45) is 2.85. The van der Waals surface area contributed by atoms with Gasteiger partial charge in [-0.05, 0) is 33.3 Å². The molecule has 68 valence electrons. The number of carbonyl (C=O) groups is 1. The molecule has 2 atom stereocenters.